The molecule has 0 unspecified atom stereocenters. The van der Waals surface area contributed by atoms with Crippen LogP contribution in [-0.2, 0) is 6.54 Å². The standard InChI is InChI=1S/C17H24N4/c1-2-10-20-12-15(19-17(20)3-1)13-21(16-4-5-16)11-14-6-8-18-9-7-14/h1-3,10,12,14,16,18H,4-9,11,13H2. The molecule has 1 N–H and O–H groups in total. The van der Waals surface area contributed by atoms with Crippen molar-refractivity contribution in [2.45, 2.75) is 38.3 Å². The van der Waals surface area contributed by atoms with Gasteiger partial charge in [-0.2, -0.15) is 0 Å². The van der Waals surface area contributed by atoms with E-state index in [0.29, 0.717) is 0 Å². The van der Waals surface area contributed by atoms with Crippen LogP contribution in [0.4, 0.5) is 0 Å². The Balaban J connectivity index is 1.46. The lowest BCUT2D eigenvalue weighted by atomic mass is 9.97. The molecule has 1 saturated heterocycles. The number of pyridine rings is 1. The lowest BCUT2D eigenvalue weighted by Crippen LogP contribution is -2.37. The van der Waals surface area contributed by atoms with Crippen molar-refractivity contribution in [3.05, 3.63) is 36.3 Å². The predicted molar refractivity (Wildman–Crippen MR) is 84.2 cm³/mol. The molecule has 0 radical (unpaired) electrons. The Bertz CT molecular complexity index is 563. The molecule has 0 spiro atoms. The van der Waals surface area contributed by atoms with E-state index in [1.165, 1.54) is 51.0 Å². The zero-order valence-corrected chi connectivity index (χ0v) is 12.5. The van der Waals surface area contributed by atoms with Crippen molar-refractivity contribution >= 4 is 5.65 Å². The van der Waals surface area contributed by atoms with Crippen LogP contribution >= 0.6 is 0 Å². The summed E-state index contributed by atoms with van der Waals surface area (Å²) in [6, 6.07) is 7.01. The van der Waals surface area contributed by atoms with Crippen molar-refractivity contribution in [1.82, 2.24) is 19.6 Å². The van der Waals surface area contributed by atoms with Crippen LogP contribution in [-0.4, -0.2) is 40.0 Å². The van der Waals surface area contributed by atoms with E-state index in [0.717, 1.165) is 24.2 Å². The van der Waals surface area contributed by atoms with Gasteiger partial charge in [0.05, 0.1) is 5.69 Å². The zero-order valence-electron chi connectivity index (χ0n) is 12.5. The molecule has 0 atom stereocenters. The fourth-order valence-corrected chi connectivity index (χ4v) is 3.45. The van der Waals surface area contributed by atoms with E-state index < -0.39 is 0 Å². The van der Waals surface area contributed by atoms with Gasteiger partial charge in [0.15, 0.2) is 0 Å². The highest BCUT2D eigenvalue weighted by Gasteiger charge is 2.31. The third-order valence-electron chi connectivity index (χ3n) is 4.79. The number of hydrogen-bond acceptors (Lipinski definition) is 3. The second-order valence-electron chi connectivity index (χ2n) is 6.55. The number of piperidine rings is 1. The number of fused-ring (bicyclic) bond motifs is 1. The van der Waals surface area contributed by atoms with Crippen molar-refractivity contribution in [2.24, 2.45) is 5.92 Å². The van der Waals surface area contributed by atoms with Crippen molar-refractivity contribution in [1.29, 1.82) is 0 Å². The first-order chi connectivity index (χ1) is 10.4. The van der Waals surface area contributed by atoms with Crippen LogP contribution < -0.4 is 5.32 Å². The van der Waals surface area contributed by atoms with E-state index >= 15 is 0 Å². The van der Waals surface area contributed by atoms with Gasteiger partial charge in [0.25, 0.3) is 0 Å². The molecule has 2 fully saturated rings. The summed E-state index contributed by atoms with van der Waals surface area (Å²) < 4.78 is 2.13. The van der Waals surface area contributed by atoms with Gasteiger partial charge in [-0.3, -0.25) is 4.90 Å². The van der Waals surface area contributed by atoms with Crippen LogP contribution in [0.25, 0.3) is 5.65 Å². The Labute approximate surface area is 126 Å². The first kappa shape index (κ1) is 13.3. The van der Waals surface area contributed by atoms with Crippen LogP contribution in [0.1, 0.15) is 31.4 Å². The maximum absolute atomic E-state index is 4.76. The van der Waals surface area contributed by atoms with Crippen molar-refractivity contribution in [3.63, 3.8) is 0 Å². The molecular formula is C17H24N4. The summed E-state index contributed by atoms with van der Waals surface area (Å²) in [7, 11) is 0. The Hall–Kier alpha value is -1.39. The second-order valence-corrected chi connectivity index (χ2v) is 6.55. The quantitative estimate of drug-likeness (QED) is 0.914. The van der Waals surface area contributed by atoms with Gasteiger partial charge in [-0.15, -0.1) is 0 Å². The summed E-state index contributed by atoms with van der Waals surface area (Å²) in [6.45, 7) is 4.64. The van der Waals surface area contributed by atoms with Gasteiger partial charge >= 0.3 is 0 Å². The van der Waals surface area contributed by atoms with Crippen LogP contribution in [0.5, 0.6) is 0 Å². The van der Waals surface area contributed by atoms with Crippen molar-refractivity contribution in [2.75, 3.05) is 19.6 Å². The van der Waals surface area contributed by atoms with Gasteiger partial charge in [0.2, 0.25) is 0 Å². The molecule has 4 rings (SSSR count). The molecule has 1 aliphatic carbocycles. The van der Waals surface area contributed by atoms with E-state index in [4.69, 9.17) is 4.98 Å². The third-order valence-corrected chi connectivity index (χ3v) is 4.79. The van der Waals surface area contributed by atoms with E-state index in [9.17, 15) is 0 Å². The third kappa shape index (κ3) is 3.11. The monoisotopic (exact) mass is 284 g/mol. The Morgan fingerprint density at radius 2 is 2.05 bits per heavy atom. The molecule has 1 aliphatic heterocycles. The van der Waals surface area contributed by atoms with Crippen LogP contribution in [0.2, 0.25) is 0 Å². The van der Waals surface area contributed by atoms with Crippen molar-refractivity contribution in [3.8, 4) is 0 Å². The molecule has 1 saturated carbocycles. The molecule has 112 valence electrons. The molecule has 3 heterocycles. The van der Waals surface area contributed by atoms with E-state index in [1.807, 2.05) is 0 Å². The largest absolute Gasteiger partial charge is 0.317 e. The Morgan fingerprint density at radius 3 is 2.81 bits per heavy atom. The summed E-state index contributed by atoms with van der Waals surface area (Å²) >= 11 is 0. The lowest BCUT2D eigenvalue weighted by molar-refractivity contribution is 0.189. The molecular weight excluding hydrogens is 260 g/mol. The molecule has 21 heavy (non-hydrogen) atoms. The summed E-state index contributed by atoms with van der Waals surface area (Å²) in [5.74, 6) is 0.865. The summed E-state index contributed by atoms with van der Waals surface area (Å²) in [4.78, 5) is 7.44. The minimum atomic E-state index is 0.810. The first-order valence-corrected chi connectivity index (χ1v) is 8.26. The molecule has 0 aromatic carbocycles. The average molecular weight is 284 g/mol. The fourth-order valence-electron chi connectivity index (χ4n) is 3.45. The highest BCUT2D eigenvalue weighted by Crippen LogP contribution is 2.30. The zero-order chi connectivity index (χ0) is 14.1. The molecule has 2 aromatic heterocycles. The van der Waals surface area contributed by atoms with E-state index in [1.54, 1.807) is 0 Å². The van der Waals surface area contributed by atoms with Gasteiger partial charge in [-0.1, -0.05) is 6.07 Å². The van der Waals surface area contributed by atoms with E-state index in [-0.39, 0.29) is 0 Å². The number of imidazole rings is 1. The van der Waals surface area contributed by atoms with Gasteiger partial charge in [0.1, 0.15) is 5.65 Å². The molecule has 2 aliphatic rings. The van der Waals surface area contributed by atoms with Crippen LogP contribution in [0.3, 0.4) is 0 Å². The van der Waals surface area contributed by atoms with Gasteiger partial charge in [0, 0.05) is 31.5 Å². The minimum absolute atomic E-state index is 0.810. The summed E-state index contributed by atoms with van der Waals surface area (Å²) in [5, 5.41) is 3.47. The maximum Gasteiger partial charge on any atom is 0.137 e. The Morgan fingerprint density at radius 1 is 1.19 bits per heavy atom. The highest BCUT2D eigenvalue weighted by atomic mass is 15.2. The number of nitrogens with zero attached hydrogens (tertiary/aromatic N) is 3. The van der Waals surface area contributed by atoms with Gasteiger partial charge < -0.3 is 9.72 Å². The van der Waals surface area contributed by atoms with Crippen molar-refractivity contribution < 1.29 is 0 Å². The first-order valence-electron chi connectivity index (χ1n) is 8.26. The minimum Gasteiger partial charge on any atom is -0.317 e. The van der Waals surface area contributed by atoms with Gasteiger partial charge in [-0.05, 0) is 56.8 Å². The second kappa shape index (κ2) is 5.78. The Kier molecular flexibility index (Phi) is 3.65. The normalized spacial score (nSPS) is 20.4. The van der Waals surface area contributed by atoms with Crippen LogP contribution in [0.15, 0.2) is 30.6 Å². The SMILES string of the molecule is c1ccn2cc(CN(CC3CCNCC3)C3CC3)nc2c1. The fraction of sp³-hybridized carbons (Fsp3) is 0.588. The smallest absolute Gasteiger partial charge is 0.137 e. The highest BCUT2D eigenvalue weighted by molar-refractivity contribution is 5.39. The summed E-state index contributed by atoms with van der Waals surface area (Å²) in [6.07, 6.45) is 9.67. The number of hydrogen-bond donors (Lipinski definition) is 1. The number of aromatic nitrogens is 2. The van der Waals surface area contributed by atoms with Crippen LogP contribution in [0, 0.1) is 5.92 Å². The molecule has 2 aromatic rings. The summed E-state index contributed by atoms with van der Waals surface area (Å²) in [5.41, 5.74) is 2.27. The average Bonchev–Trinajstić information content (AvgIpc) is 3.28. The molecule has 0 bridgehead atoms. The number of rotatable bonds is 5. The van der Waals surface area contributed by atoms with Gasteiger partial charge in [-0.25, -0.2) is 4.98 Å². The predicted octanol–water partition coefficient (Wildman–Crippen LogP) is 2.30. The topological polar surface area (TPSA) is 32.6 Å². The number of nitrogens with one attached hydrogen (secondary N) is 1. The molecule has 0 amide bonds. The molecule has 4 heteroatoms. The molecule has 4 nitrogen and oxygen atoms in total. The van der Waals surface area contributed by atoms with E-state index in [2.05, 4.69) is 45.2 Å². The lowest BCUT2D eigenvalue weighted by Gasteiger charge is -2.29. The maximum atomic E-state index is 4.76.